The summed E-state index contributed by atoms with van der Waals surface area (Å²) >= 11 is 0. The number of allylic oxidation sites excluding steroid dienone is 4. The molecule has 1 atom stereocenters. The molecule has 2 rings (SSSR count). The molecule has 0 saturated heterocycles. The Kier molecular flexibility index (Phi) is 9.01. The van der Waals surface area contributed by atoms with E-state index in [1.165, 1.54) is 17.6 Å². The quantitative estimate of drug-likeness (QED) is 0.752. The lowest BCUT2D eigenvalue weighted by Gasteiger charge is -2.12. The van der Waals surface area contributed by atoms with Gasteiger partial charge in [-0.25, -0.2) is 0 Å². The summed E-state index contributed by atoms with van der Waals surface area (Å²) in [4.78, 5) is 0. The molecule has 0 heterocycles. The van der Waals surface area contributed by atoms with E-state index in [0.717, 1.165) is 18.6 Å². The zero-order valence-electron chi connectivity index (χ0n) is 14.2. The van der Waals surface area contributed by atoms with Crippen LogP contribution in [0.2, 0.25) is 0 Å². The van der Waals surface area contributed by atoms with Crippen LogP contribution in [0.1, 0.15) is 32.3 Å². The van der Waals surface area contributed by atoms with Crippen molar-refractivity contribution in [1.29, 1.82) is 0 Å². The molecule has 2 nitrogen and oxygen atoms in total. The molecule has 22 heavy (non-hydrogen) atoms. The van der Waals surface area contributed by atoms with Gasteiger partial charge in [0, 0.05) is 7.11 Å². The molecule has 1 aliphatic carbocycles. The van der Waals surface area contributed by atoms with Gasteiger partial charge in [0.1, 0.15) is 5.75 Å². The summed E-state index contributed by atoms with van der Waals surface area (Å²) in [7, 11) is 3.43. The highest BCUT2D eigenvalue weighted by Crippen LogP contribution is 2.13. The minimum atomic E-state index is 0.281. The average Bonchev–Trinajstić information content (AvgIpc) is 2.57. The highest BCUT2D eigenvalue weighted by Gasteiger charge is 2.04. The van der Waals surface area contributed by atoms with E-state index in [0.29, 0.717) is 0 Å². The molecule has 1 aliphatic rings. The zero-order valence-corrected chi connectivity index (χ0v) is 14.2. The minimum Gasteiger partial charge on any atom is -0.497 e. The van der Waals surface area contributed by atoms with Crippen molar-refractivity contribution in [3.8, 4) is 5.75 Å². The third kappa shape index (κ3) is 6.77. The van der Waals surface area contributed by atoms with Crippen molar-refractivity contribution in [3.63, 3.8) is 0 Å². The number of benzene rings is 1. The molecule has 1 unspecified atom stereocenters. The standard InChI is InChI=1S/2C10H14O/c2*1-3-4-9-5-7-10(11-2)8-6-9/h5-8H,3-4H2,1-2H3;3-7,10H,8H2,1-2H3. The van der Waals surface area contributed by atoms with E-state index in [4.69, 9.17) is 9.47 Å². The highest BCUT2D eigenvalue weighted by molar-refractivity contribution is 5.33. The molecule has 0 bridgehead atoms. The maximum atomic E-state index is 5.16. The zero-order chi connectivity index (χ0) is 16.2. The van der Waals surface area contributed by atoms with Crippen molar-refractivity contribution in [3.05, 3.63) is 65.8 Å². The normalized spacial score (nSPS) is 16.9. The Balaban J connectivity index is 0.000000220. The highest BCUT2D eigenvalue weighted by atomic mass is 16.5. The van der Waals surface area contributed by atoms with E-state index in [1.807, 2.05) is 25.1 Å². The molecular formula is C20H28O2. The number of rotatable bonds is 5. The second-order valence-corrected chi connectivity index (χ2v) is 5.17. The fraction of sp³-hybridized carbons (Fsp3) is 0.400. The van der Waals surface area contributed by atoms with E-state index in [9.17, 15) is 0 Å². The first kappa shape index (κ1) is 18.2. The lowest BCUT2D eigenvalue weighted by molar-refractivity contribution is 0.142. The van der Waals surface area contributed by atoms with Crippen LogP contribution in [0.15, 0.2) is 60.2 Å². The molecule has 1 aromatic carbocycles. The first-order valence-electron chi connectivity index (χ1n) is 7.90. The summed E-state index contributed by atoms with van der Waals surface area (Å²) in [5.41, 5.74) is 2.66. The minimum absolute atomic E-state index is 0.281. The van der Waals surface area contributed by atoms with Gasteiger partial charge in [0.05, 0.1) is 13.2 Å². The first-order valence-corrected chi connectivity index (χ1v) is 7.90. The molecule has 0 aliphatic heterocycles. The molecule has 0 aromatic heterocycles. The van der Waals surface area contributed by atoms with E-state index in [-0.39, 0.29) is 6.10 Å². The van der Waals surface area contributed by atoms with Crippen LogP contribution >= 0.6 is 0 Å². The van der Waals surface area contributed by atoms with E-state index < -0.39 is 0 Å². The first-order chi connectivity index (χ1) is 10.7. The van der Waals surface area contributed by atoms with Gasteiger partial charge in [-0.15, -0.1) is 0 Å². The van der Waals surface area contributed by atoms with Crippen LogP contribution in [0.25, 0.3) is 0 Å². The van der Waals surface area contributed by atoms with Gasteiger partial charge in [0.15, 0.2) is 0 Å². The van der Waals surface area contributed by atoms with Crippen LogP contribution in [0.4, 0.5) is 0 Å². The average molecular weight is 300 g/mol. The summed E-state index contributed by atoms with van der Waals surface area (Å²) < 4.78 is 10.2. The number of aryl methyl sites for hydroxylation is 1. The van der Waals surface area contributed by atoms with Crippen LogP contribution in [-0.4, -0.2) is 20.3 Å². The maximum Gasteiger partial charge on any atom is 0.118 e. The predicted molar refractivity (Wildman–Crippen MR) is 94.4 cm³/mol. The number of hydrogen-bond donors (Lipinski definition) is 0. The van der Waals surface area contributed by atoms with Gasteiger partial charge in [-0.1, -0.05) is 55.9 Å². The summed E-state index contributed by atoms with van der Waals surface area (Å²) in [6.45, 7) is 4.21. The number of hydrogen-bond acceptors (Lipinski definition) is 2. The van der Waals surface area contributed by atoms with Crippen LogP contribution < -0.4 is 4.74 Å². The Labute approximate surface area is 135 Å². The Morgan fingerprint density at radius 2 is 1.91 bits per heavy atom. The van der Waals surface area contributed by atoms with Gasteiger partial charge in [0.25, 0.3) is 0 Å². The van der Waals surface area contributed by atoms with E-state index in [2.05, 4.69) is 43.4 Å². The lowest BCUT2D eigenvalue weighted by atomic mass is 10.0. The van der Waals surface area contributed by atoms with E-state index in [1.54, 1.807) is 14.2 Å². The van der Waals surface area contributed by atoms with Gasteiger partial charge >= 0.3 is 0 Å². The van der Waals surface area contributed by atoms with Crippen molar-refractivity contribution in [1.82, 2.24) is 0 Å². The van der Waals surface area contributed by atoms with Crippen molar-refractivity contribution in [2.45, 2.75) is 39.2 Å². The molecule has 0 N–H and O–H groups in total. The molecule has 0 fully saturated rings. The second-order valence-electron chi connectivity index (χ2n) is 5.17. The fourth-order valence-electron chi connectivity index (χ4n) is 2.19. The van der Waals surface area contributed by atoms with Crippen LogP contribution in [-0.2, 0) is 11.2 Å². The van der Waals surface area contributed by atoms with Gasteiger partial charge in [0.2, 0.25) is 0 Å². The van der Waals surface area contributed by atoms with Crippen molar-refractivity contribution < 1.29 is 9.47 Å². The molecule has 0 saturated carbocycles. The monoisotopic (exact) mass is 300 g/mol. The van der Waals surface area contributed by atoms with Gasteiger partial charge in [-0.2, -0.15) is 0 Å². The second kappa shape index (κ2) is 10.9. The largest absolute Gasteiger partial charge is 0.497 e. The summed E-state index contributed by atoms with van der Waals surface area (Å²) in [5.74, 6) is 0.935. The van der Waals surface area contributed by atoms with Crippen LogP contribution in [0.5, 0.6) is 5.75 Å². The Morgan fingerprint density at radius 1 is 1.18 bits per heavy atom. The van der Waals surface area contributed by atoms with Gasteiger partial charge < -0.3 is 9.47 Å². The maximum absolute atomic E-state index is 5.16. The molecule has 0 spiro atoms. The van der Waals surface area contributed by atoms with Crippen molar-refractivity contribution >= 4 is 0 Å². The summed E-state index contributed by atoms with van der Waals surface area (Å²) in [5, 5.41) is 0. The van der Waals surface area contributed by atoms with Gasteiger partial charge in [-0.3, -0.25) is 0 Å². The molecule has 1 aromatic rings. The Bertz CT molecular complexity index is 495. The third-order valence-corrected chi connectivity index (χ3v) is 3.45. The van der Waals surface area contributed by atoms with E-state index >= 15 is 0 Å². The SMILES string of the molecule is CC=CC1=CCC(OC)C=C1.CCCc1ccc(OC)cc1. The molecule has 120 valence electrons. The number of methoxy groups -OCH3 is 2. The summed E-state index contributed by atoms with van der Waals surface area (Å²) in [6.07, 6.45) is 14.2. The van der Waals surface area contributed by atoms with Crippen molar-refractivity contribution in [2.75, 3.05) is 14.2 Å². The fourth-order valence-corrected chi connectivity index (χ4v) is 2.19. The smallest absolute Gasteiger partial charge is 0.118 e. The number of ether oxygens (including phenoxy) is 2. The van der Waals surface area contributed by atoms with Gasteiger partial charge in [-0.05, 0) is 43.0 Å². The topological polar surface area (TPSA) is 18.5 Å². The predicted octanol–water partition coefficient (Wildman–Crippen LogP) is 5.11. The molecule has 2 heteroatoms. The van der Waals surface area contributed by atoms with Crippen LogP contribution in [0, 0.1) is 0 Å². The van der Waals surface area contributed by atoms with Crippen LogP contribution in [0.3, 0.4) is 0 Å². The Morgan fingerprint density at radius 3 is 2.36 bits per heavy atom. The molecule has 0 radical (unpaired) electrons. The van der Waals surface area contributed by atoms with Crippen molar-refractivity contribution in [2.24, 2.45) is 0 Å². The third-order valence-electron chi connectivity index (χ3n) is 3.45. The summed E-state index contributed by atoms with van der Waals surface area (Å²) in [6, 6.07) is 8.24. The molecular weight excluding hydrogens is 272 g/mol. The lowest BCUT2D eigenvalue weighted by Crippen LogP contribution is -2.07. The Hall–Kier alpha value is -1.80. The molecule has 0 amide bonds.